The molecule has 2 aromatic carbocycles. The van der Waals surface area contributed by atoms with Gasteiger partial charge in [-0.15, -0.1) is 0 Å². The third-order valence-corrected chi connectivity index (χ3v) is 5.37. The van der Waals surface area contributed by atoms with Crippen LogP contribution in [0.3, 0.4) is 0 Å². The summed E-state index contributed by atoms with van der Waals surface area (Å²) in [7, 11) is 1.64. The summed E-state index contributed by atoms with van der Waals surface area (Å²) < 4.78 is 5.18. The lowest BCUT2D eigenvalue weighted by Crippen LogP contribution is -2.49. The Hall–Kier alpha value is -3.34. The highest BCUT2D eigenvalue weighted by Gasteiger charge is 2.23. The van der Waals surface area contributed by atoms with E-state index in [1.165, 1.54) is 11.1 Å². The number of pyridine rings is 1. The number of nitrogens with zero attached hydrogens (tertiary/aromatic N) is 3. The summed E-state index contributed by atoms with van der Waals surface area (Å²) in [6.07, 6.45) is 4.18. The van der Waals surface area contributed by atoms with Crippen molar-refractivity contribution in [2.75, 3.05) is 38.2 Å². The van der Waals surface area contributed by atoms with E-state index in [0.29, 0.717) is 6.42 Å². The Labute approximate surface area is 171 Å². The molecule has 29 heavy (non-hydrogen) atoms. The zero-order valence-electron chi connectivity index (χ0n) is 16.6. The molecule has 1 aromatic heterocycles. The molecule has 0 bridgehead atoms. The van der Waals surface area contributed by atoms with Crippen LogP contribution in [-0.4, -0.2) is 49.1 Å². The van der Waals surface area contributed by atoms with E-state index in [0.717, 1.165) is 43.2 Å². The first-order valence-corrected chi connectivity index (χ1v) is 9.89. The highest BCUT2D eigenvalue weighted by Crippen LogP contribution is 2.30. The number of aromatic nitrogens is 1. The molecule has 1 fully saturated rings. The fourth-order valence-electron chi connectivity index (χ4n) is 3.73. The van der Waals surface area contributed by atoms with Crippen LogP contribution in [0, 0.1) is 0 Å². The minimum absolute atomic E-state index is 0.171. The number of anilines is 1. The summed E-state index contributed by atoms with van der Waals surface area (Å²) in [6, 6.07) is 20.1. The molecule has 4 rings (SSSR count). The van der Waals surface area contributed by atoms with Crippen molar-refractivity contribution < 1.29 is 9.53 Å². The number of rotatable bonds is 5. The predicted octanol–water partition coefficient (Wildman–Crippen LogP) is 3.65. The Morgan fingerprint density at radius 1 is 0.966 bits per heavy atom. The average molecular weight is 387 g/mol. The van der Waals surface area contributed by atoms with Gasteiger partial charge in [-0.05, 0) is 29.3 Å². The molecule has 0 unspecified atom stereocenters. The molecule has 0 radical (unpaired) electrons. The van der Waals surface area contributed by atoms with Crippen LogP contribution in [0.15, 0.2) is 73.1 Å². The Kier molecular flexibility index (Phi) is 5.75. The minimum atomic E-state index is 0.171. The zero-order valence-corrected chi connectivity index (χ0v) is 16.6. The van der Waals surface area contributed by atoms with Gasteiger partial charge in [-0.1, -0.05) is 42.5 Å². The van der Waals surface area contributed by atoms with Gasteiger partial charge in [0.2, 0.25) is 5.91 Å². The van der Waals surface area contributed by atoms with Gasteiger partial charge in [0.15, 0.2) is 0 Å². The van der Waals surface area contributed by atoms with Crippen LogP contribution in [0.1, 0.15) is 5.56 Å². The van der Waals surface area contributed by atoms with E-state index in [1.54, 1.807) is 7.11 Å². The van der Waals surface area contributed by atoms with Crippen molar-refractivity contribution in [3.05, 3.63) is 78.6 Å². The van der Waals surface area contributed by atoms with Crippen LogP contribution < -0.4 is 9.64 Å². The molecule has 5 heteroatoms. The highest BCUT2D eigenvalue weighted by molar-refractivity contribution is 5.80. The number of piperazine rings is 1. The summed E-state index contributed by atoms with van der Waals surface area (Å²) in [5, 5.41) is 0. The van der Waals surface area contributed by atoms with Crippen LogP contribution in [0.4, 0.5) is 5.69 Å². The monoisotopic (exact) mass is 387 g/mol. The fourth-order valence-corrected chi connectivity index (χ4v) is 3.73. The zero-order chi connectivity index (χ0) is 20.1. The molecular formula is C24H25N3O2. The second-order valence-corrected chi connectivity index (χ2v) is 7.15. The van der Waals surface area contributed by atoms with Crippen LogP contribution in [-0.2, 0) is 11.2 Å². The summed E-state index contributed by atoms with van der Waals surface area (Å²) in [5.41, 5.74) is 4.50. The smallest absolute Gasteiger partial charge is 0.227 e. The van der Waals surface area contributed by atoms with Crippen molar-refractivity contribution in [2.24, 2.45) is 0 Å². The highest BCUT2D eigenvalue weighted by atomic mass is 16.5. The average Bonchev–Trinajstić information content (AvgIpc) is 2.80. The molecule has 5 nitrogen and oxygen atoms in total. The Morgan fingerprint density at radius 2 is 1.69 bits per heavy atom. The summed E-state index contributed by atoms with van der Waals surface area (Å²) >= 11 is 0. The number of hydrogen-bond acceptors (Lipinski definition) is 4. The van der Waals surface area contributed by atoms with Gasteiger partial charge in [0.25, 0.3) is 0 Å². The SMILES string of the molecule is COc1ccc(CC(=O)N2CCN(c3cnccc3-c3ccccc3)CC2)cc1. The van der Waals surface area contributed by atoms with Crippen molar-refractivity contribution in [1.29, 1.82) is 0 Å². The molecule has 1 saturated heterocycles. The van der Waals surface area contributed by atoms with Gasteiger partial charge in [-0.2, -0.15) is 0 Å². The van der Waals surface area contributed by atoms with Gasteiger partial charge in [-0.25, -0.2) is 0 Å². The Balaban J connectivity index is 1.40. The normalized spacial score (nSPS) is 14.0. The third kappa shape index (κ3) is 4.40. The first-order chi connectivity index (χ1) is 14.2. The van der Waals surface area contributed by atoms with Crippen LogP contribution in [0.25, 0.3) is 11.1 Å². The largest absolute Gasteiger partial charge is 0.497 e. The van der Waals surface area contributed by atoms with Crippen molar-refractivity contribution in [3.63, 3.8) is 0 Å². The second-order valence-electron chi connectivity index (χ2n) is 7.15. The van der Waals surface area contributed by atoms with E-state index in [1.807, 2.05) is 47.6 Å². The summed E-state index contributed by atoms with van der Waals surface area (Å²) in [4.78, 5) is 21.3. The van der Waals surface area contributed by atoms with Gasteiger partial charge in [-0.3, -0.25) is 9.78 Å². The van der Waals surface area contributed by atoms with Crippen molar-refractivity contribution in [2.45, 2.75) is 6.42 Å². The quantitative estimate of drug-likeness (QED) is 0.670. The molecule has 1 aliphatic rings. The first kappa shape index (κ1) is 19.0. The Bertz CT molecular complexity index is 949. The summed E-state index contributed by atoms with van der Waals surface area (Å²) in [6.45, 7) is 3.05. The number of carbonyl (C=O) groups is 1. The molecular weight excluding hydrogens is 362 g/mol. The molecule has 0 aliphatic carbocycles. The van der Waals surface area contributed by atoms with Gasteiger partial charge in [0, 0.05) is 37.9 Å². The molecule has 0 N–H and O–H groups in total. The van der Waals surface area contributed by atoms with Crippen LogP contribution >= 0.6 is 0 Å². The van der Waals surface area contributed by atoms with Gasteiger partial charge in [0.1, 0.15) is 5.75 Å². The van der Waals surface area contributed by atoms with Crippen molar-refractivity contribution >= 4 is 11.6 Å². The van der Waals surface area contributed by atoms with E-state index in [9.17, 15) is 4.79 Å². The second kappa shape index (κ2) is 8.78. The van der Waals surface area contributed by atoms with Crippen molar-refractivity contribution in [1.82, 2.24) is 9.88 Å². The third-order valence-electron chi connectivity index (χ3n) is 5.37. The van der Waals surface area contributed by atoms with E-state index in [-0.39, 0.29) is 5.91 Å². The first-order valence-electron chi connectivity index (χ1n) is 9.89. The Morgan fingerprint density at radius 3 is 2.38 bits per heavy atom. The molecule has 0 saturated carbocycles. The molecule has 148 valence electrons. The predicted molar refractivity (Wildman–Crippen MR) is 115 cm³/mol. The topological polar surface area (TPSA) is 45.7 Å². The number of benzene rings is 2. The maximum atomic E-state index is 12.7. The van der Waals surface area contributed by atoms with Gasteiger partial charge < -0.3 is 14.5 Å². The molecule has 0 spiro atoms. The number of hydrogen-bond donors (Lipinski definition) is 0. The standard InChI is InChI=1S/C24H25N3O2/c1-29-21-9-7-19(8-10-21)17-24(28)27-15-13-26(14-16-27)23-18-25-12-11-22(23)20-5-3-2-4-6-20/h2-12,18H,13-17H2,1H3. The van der Waals surface area contributed by atoms with Crippen LogP contribution in [0.5, 0.6) is 5.75 Å². The minimum Gasteiger partial charge on any atom is -0.497 e. The molecule has 2 heterocycles. The number of carbonyl (C=O) groups excluding carboxylic acids is 1. The number of amides is 1. The lowest BCUT2D eigenvalue weighted by atomic mass is 10.0. The lowest BCUT2D eigenvalue weighted by molar-refractivity contribution is -0.130. The molecule has 3 aromatic rings. The lowest BCUT2D eigenvalue weighted by Gasteiger charge is -2.37. The molecule has 0 atom stereocenters. The van der Waals surface area contributed by atoms with Crippen molar-refractivity contribution in [3.8, 4) is 16.9 Å². The number of ether oxygens (including phenoxy) is 1. The van der Waals surface area contributed by atoms with Crippen LogP contribution in [0.2, 0.25) is 0 Å². The van der Waals surface area contributed by atoms with E-state index >= 15 is 0 Å². The fraction of sp³-hybridized carbons (Fsp3) is 0.250. The molecule has 1 aliphatic heterocycles. The summed E-state index contributed by atoms with van der Waals surface area (Å²) in [5.74, 6) is 0.977. The van der Waals surface area contributed by atoms with Gasteiger partial charge >= 0.3 is 0 Å². The maximum absolute atomic E-state index is 12.7. The van der Waals surface area contributed by atoms with E-state index in [2.05, 4.69) is 40.2 Å². The van der Waals surface area contributed by atoms with E-state index < -0.39 is 0 Å². The van der Waals surface area contributed by atoms with Gasteiger partial charge in [0.05, 0.1) is 25.4 Å². The number of methoxy groups -OCH3 is 1. The maximum Gasteiger partial charge on any atom is 0.227 e. The van der Waals surface area contributed by atoms with E-state index in [4.69, 9.17) is 4.74 Å². The molecule has 1 amide bonds.